The second kappa shape index (κ2) is 5.69. The zero-order chi connectivity index (χ0) is 12.3. The summed E-state index contributed by atoms with van der Waals surface area (Å²) in [6.07, 6.45) is 4.06. The lowest BCUT2D eigenvalue weighted by molar-refractivity contribution is 0.0320. The Labute approximate surface area is 105 Å². The maximum absolute atomic E-state index is 12.9. The van der Waals surface area contributed by atoms with Crippen molar-refractivity contribution in [1.29, 1.82) is 0 Å². The van der Waals surface area contributed by atoms with Crippen LogP contribution in [-0.2, 0) is 0 Å². The first kappa shape index (κ1) is 12.7. The van der Waals surface area contributed by atoms with Gasteiger partial charge in [0, 0.05) is 0 Å². The molecule has 0 saturated heterocycles. The van der Waals surface area contributed by atoms with Gasteiger partial charge in [0.05, 0.1) is 11.1 Å². The fourth-order valence-electron chi connectivity index (χ4n) is 2.13. The smallest absolute Gasteiger partial charge is 0.138 e. The van der Waals surface area contributed by atoms with Crippen molar-refractivity contribution in [2.45, 2.75) is 44.3 Å². The molecule has 1 aliphatic carbocycles. The molecule has 0 radical (unpaired) electrons. The minimum atomic E-state index is -0.460. The zero-order valence-corrected chi connectivity index (χ0v) is 10.3. The molecule has 1 saturated carbocycles. The summed E-state index contributed by atoms with van der Waals surface area (Å²) in [5, 5.41) is 10.2. The molecule has 0 spiro atoms. The third-order valence-corrected chi connectivity index (χ3v) is 3.39. The second-order valence-corrected chi connectivity index (χ2v) is 4.84. The first-order valence-electron chi connectivity index (χ1n) is 5.96. The fraction of sp³-hybridized carbons (Fsp3) is 0.538. The summed E-state index contributed by atoms with van der Waals surface area (Å²) in [5.41, 5.74) is 0. The van der Waals surface area contributed by atoms with Crippen LogP contribution in [0.5, 0.6) is 5.75 Å². The van der Waals surface area contributed by atoms with Gasteiger partial charge < -0.3 is 9.84 Å². The Morgan fingerprint density at radius 1 is 1.24 bits per heavy atom. The van der Waals surface area contributed by atoms with Crippen molar-refractivity contribution in [3.63, 3.8) is 0 Å². The molecule has 0 bridgehead atoms. The zero-order valence-electron chi connectivity index (χ0n) is 9.53. The Morgan fingerprint density at radius 3 is 2.76 bits per heavy atom. The maximum atomic E-state index is 12.9. The summed E-state index contributed by atoms with van der Waals surface area (Å²) >= 11 is 5.89. The normalized spacial score (nSPS) is 25.4. The fourth-order valence-corrected chi connectivity index (χ4v) is 2.34. The van der Waals surface area contributed by atoms with Gasteiger partial charge in [-0.25, -0.2) is 4.39 Å². The molecule has 1 aliphatic rings. The molecule has 0 aromatic heterocycles. The van der Waals surface area contributed by atoms with Gasteiger partial charge >= 0.3 is 0 Å². The van der Waals surface area contributed by atoms with E-state index >= 15 is 0 Å². The average Bonchev–Trinajstić information content (AvgIpc) is 2.48. The van der Waals surface area contributed by atoms with Gasteiger partial charge in [-0.3, -0.25) is 0 Å². The van der Waals surface area contributed by atoms with E-state index in [0.717, 1.165) is 32.1 Å². The molecule has 2 rings (SSSR count). The van der Waals surface area contributed by atoms with Crippen LogP contribution in [0.15, 0.2) is 18.2 Å². The lowest BCUT2D eigenvalue weighted by atomic mass is 10.1. The first-order valence-corrected chi connectivity index (χ1v) is 6.34. The second-order valence-electron chi connectivity index (χ2n) is 4.44. The Kier molecular flexibility index (Phi) is 4.24. The van der Waals surface area contributed by atoms with E-state index in [2.05, 4.69) is 0 Å². The molecule has 94 valence electrons. The molecule has 1 fully saturated rings. The molecule has 1 aromatic carbocycles. The molecule has 17 heavy (non-hydrogen) atoms. The third-order valence-electron chi connectivity index (χ3n) is 3.09. The van der Waals surface area contributed by atoms with Crippen LogP contribution in [0.1, 0.15) is 32.1 Å². The number of hydrogen-bond acceptors (Lipinski definition) is 2. The SMILES string of the molecule is OC1CCCCCC1Oc1ccc(F)cc1Cl. The Morgan fingerprint density at radius 2 is 2.00 bits per heavy atom. The molecule has 1 aromatic rings. The van der Waals surface area contributed by atoms with Gasteiger partial charge in [-0.15, -0.1) is 0 Å². The van der Waals surface area contributed by atoms with Gasteiger partial charge in [-0.05, 0) is 37.5 Å². The van der Waals surface area contributed by atoms with Crippen LogP contribution >= 0.6 is 11.6 Å². The average molecular weight is 259 g/mol. The van der Waals surface area contributed by atoms with Gasteiger partial charge in [0.25, 0.3) is 0 Å². The molecular formula is C13H16ClFO2. The topological polar surface area (TPSA) is 29.5 Å². The van der Waals surface area contributed by atoms with Gasteiger partial charge in [-0.1, -0.05) is 24.4 Å². The Balaban J connectivity index is 2.08. The van der Waals surface area contributed by atoms with E-state index in [-0.39, 0.29) is 16.9 Å². The summed E-state index contributed by atoms with van der Waals surface area (Å²) in [6, 6.07) is 4.04. The molecule has 0 amide bonds. The van der Waals surface area contributed by atoms with Crippen LogP contribution in [-0.4, -0.2) is 17.3 Å². The van der Waals surface area contributed by atoms with E-state index < -0.39 is 6.10 Å². The number of ether oxygens (including phenoxy) is 1. The van der Waals surface area contributed by atoms with Crippen molar-refractivity contribution >= 4 is 11.6 Å². The van der Waals surface area contributed by atoms with E-state index in [4.69, 9.17) is 16.3 Å². The van der Waals surface area contributed by atoms with Gasteiger partial charge in [0.1, 0.15) is 17.7 Å². The quantitative estimate of drug-likeness (QED) is 0.822. The highest BCUT2D eigenvalue weighted by Gasteiger charge is 2.23. The largest absolute Gasteiger partial charge is 0.486 e. The number of hydrogen-bond donors (Lipinski definition) is 1. The van der Waals surface area contributed by atoms with E-state index in [0.29, 0.717) is 5.75 Å². The number of aliphatic hydroxyl groups is 1. The van der Waals surface area contributed by atoms with Crippen LogP contribution in [0.4, 0.5) is 4.39 Å². The lowest BCUT2D eigenvalue weighted by Gasteiger charge is -2.22. The highest BCUT2D eigenvalue weighted by atomic mass is 35.5. The molecule has 0 aliphatic heterocycles. The summed E-state index contributed by atoms with van der Waals surface area (Å²) in [7, 11) is 0. The third kappa shape index (κ3) is 3.33. The van der Waals surface area contributed by atoms with Crippen molar-refractivity contribution in [2.75, 3.05) is 0 Å². The molecule has 2 atom stereocenters. The number of benzene rings is 1. The van der Waals surface area contributed by atoms with Crippen molar-refractivity contribution in [3.8, 4) is 5.75 Å². The van der Waals surface area contributed by atoms with Crippen LogP contribution in [0.3, 0.4) is 0 Å². The minimum Gasteiger partial charge on any atom is -0.486 e. The van der Waals surface area contributed by atoms with Crippen LogP contribution in [0, 0.1) is 5.82 Å². The van der Waals surface area contributed by atoms with E-state index in [1.807, 2.05) is 0 Å². The van der Waals surface area contributed by atoms with Crippen LogP contribution in [0.2, 0.25) is 5.02 Å². The molecule has 4 heteroatoms. The van der Waals surface area contributed by atoms with E-state index in [9.17, 15) is 9.50 Å². The Hall–Kier alpha value is -0.800. The highest BCUT2D eigenvalue weighted by molar-refractivity contribution is 6.32. The molecular weight excluding hydrogens is 243 g/mol. The first-order chi connectivity index (χ1) is 8.16. The van der Waals surface area contributed by atoms with E-state index in [1.165, 1.54) is 18.2 Å². The van der Waals surface area contributed by atoms with Crippen molar-refractivity contribution in [1.82, 2.24) is 0 Å². The standard InChI is InChI=1S/C13H16ClFO2/c14-10-8-9(15)6-7-12(10)17-13-5-3-1-2-4-11(13)16/h6-8,11,13,16H,1-5H2. The van der Waals surface area contributed by atoms with Crippen molar-refractivity contribution in [3.05, 3.63) is 29.0 Å². The summed E-state index contributed by atoms with van der Waals surface area (Å²) in [5.74, 6) is 0.0581. The number of aliphatic hydroxyl groups excluding tert-OH is 1. The predicted octanol–water partition coefficient (Wildman–Crippen LogP) is 3.55. The van der Waals surface area contributed by atoms with E-state index in [1.54, 1.807) is 0 Å². The monoisotopic (exact) mass is 258 g/mol. The van der Waals surface area contributed by atoms with Gasteiger partial charge in [0.15, 0.2) is 0 Å². The minimum absolute atomic E-state index is 0.236. The highest BCUT2D eigenvalue weighted by Crippen LogP contribution is 2.29. The van der Waals surface area contributed by atoms with Crippen molar-refractivity contribution in [2.24, 2.45) is 0 Å². The van der Waals surface area contributed by atoms with Crippen molar-refractivity contribution < 1.29 is 14.2 Å². The van der Waals surface area contributed by atoms with Gasteiger partial charge in [-0.2, -0.15) is 0 Å². The number of rotatable bonds is 2. The summed E-state index contributed by atoms with van der Waals surface area (Å²) in [6.45, 7) is 0. The Bertz CT molecular complexity index is 384. The maximum Gasteiger partial charge on any atom is 0.138 e. The summed E-state index contributed by atoms with van der Waals surface area (Å²) < 4.78 is 18.6. The molecule has 0 heterocycles. The predicted molar refractivity (Wildman–Crippen MR) is 64.9 cm³/mol. The number of halogens is 2. The van der Waals surface area contributed by atoms with Crippen LogP contribution < -0.4 is 4.74 Å². The molecule has 2 nitrogen and oxygen atoms in total. The molecule has 2 unspecified atom stereocenters. The lowest BCUT2D eigenvalue weighted by Crippen LogP contribution is -2.30. The molecule has 1 N–H and O–H groups in total. The van der Waals surface area contributed by atoms with Gasteiger partial charge in [0.2, 0.25) is 0 Å². The van der Waals surface area contributed by atoms with Crippen LogP contribution in [0.25, 0.3) is 0 Å². The summed E-state index contributed by atoms with van der Waals surface area (Å²) in [4.78, 5) is 0.